The van der Waals surface area contributed by atoms with Crippen LogP contribution in [0.25, 0.3) is 0 Å². The molecule has 0 aliphatic carbocycles. The van der Waals surface area contributed by atoms with Crippen LogP contribution < -0.4 is 0 Å². The third kappa shape index (κ3) is 3.83. The summed E-state index contributed by atoms with van der Waals surface area (Å²) in [5.41, 5.74) is 0. The lowest BCUT2D eigenvalue weighted by Gasteiger charge is -1.99. The lowest BCUT2D eigenvalue weighted by atomic mass is 10.8. The zero-order valence-corrected chi connectivity index (χ0v) is 5.83. The maximum absolute atomic E-state index is 5.07. The van der Waals surface area contributed by atoms with E-state index < -0.39 is 0 Å². The van der Waals surface area contributed by atoms with Crippen molar-refractivity contribution in [3.05, 3.63) is 0 Å². The highest BCUT2D eigenvalue weighted by atomic mass is 31.1. The van der Waals surface area contributed by atoms with Gasteiger partial charge in [-0.25, -0.2) is 0 Å². The third-order valence-electron chi connectivity index (χ3n) is 0.901. The lowest BCUT2D eigenvalue weighted by Crippen LogP contribution is -1.78. The standard InChI is InChI=1S/C6H11P/c1-4-6-7(3)5-2/h1H,5-6H2,2-3H3. The second-order valence-electron chi connectivity index (χ2n) is 1.53. The Kier molecular flexibility index (Phi) is 4.15. The molecule has 0 aromatic carbocycles. The van der Waals surface area contributed by atoms with E-state index >= 15 is 0 Å². The zero-order chi connectivity index (χ0) is 5.70. The molecular formula is C6H11P. The minimum atomic E-state index is 0.185. The molecule has 0 spiro atoms. The minimum absolute atomic E-state index is 0.185. The van der Waals surface area contributed by atoms with Gasteiger partial charge in [0.25, 0.3) is 0 Å². The molecular weight excluding hydrogens is 103 g/mol. The van der Waals surface area contributed by atoms with Gasteiger partial charge in [0.05, 0.1) is 0 Å². The van der Waals surface area contributed by atoms with Gasteiger partial charge in [-0.2, -0.15) is 0 Å². The average molecular weight is 114 g/mol. The summed E-state index contributed by atoms with van der Waals surface area (Å²) in [6.07, 6.45) is 7.33. The van der Waals surface area contributed by atoms with E-state index in [1.165, 1.54) is 6.16 Å². The highest BCUT2D eigenvalue weighted by Gasteiger charge is 1.89. The SMILES string of the molecule is C#CCP(C)CC. The van der Waals surface area contributed by atoms with E-state index in [1.54, 1.807) is 0 Å². The van der Waals surface area contributed by atoms with Crippen LogP contribution in [0.1, 0.15) is 6.92 Å². The average Bonchev–Trinajstić information content (AvgIpc) is 1.68. The van der Waals surface area contributed by atoms with E-state index in [0.717, 1.165) is 6.16 Å². The molecule has 0 saturated heterocycles. The molecule has 0 amide bonds. The second-order valence-corrected chi connectivity index (χ2v) is 4.20. The summed E-state index contributed by atoms with van der Waals surface area (Å²) in [6.45, 7) is 4.41. The molecule has 0 rings (SSSR count). The summed E-state index contributed by atoms with van der Waals surface area (Å²) in [5.74, 6) is 2.65. The Morgan fingerprint density at radius 1 is 1.71 bits per heavy atom. The van der Waals surface area contributed by atoms with E-state index in [9.17, 15) is 0 Å². The first-order chi connectivity index (χ1) is 3.31. The largest absolute Gasteiger partial charge is 0.120 e. The van der Waals surface area contributed by atoms with Crippen LogP contribution in [0.4, 0.5) is 0 Å². The molecule has 0 saturated carbocycles. The fraction of sp³-hybridized carbons (Fsp3) is 0.667. The number of hydrogen-bond acceptors (Lipinski definition) is 0. The maximum atomic E-state index is 5.07. The third-order valence-corrected chi connectivity index (χ3v) is 2.70. The smallest absolute Gasteiger partial charge is 0.0286 e. The fourth-order valence-corrected chi connectivity index (χ4v) is 0.803. The normalized spacial score (nSPS) is 12.7. The zero-order valence-electron chi connectivity index (χ0n) is 4.94. The van der Waals surface area contributed by atoms with Crippen LogP contribution in [0.3, 0.4) is 0 Å². The van der Waals surface area contributed by atoms with Gasteiger partial charge in [-0.1, -0.05) is 14.8 Å². The molecule has 0 nitrogen and oxygen atoms in total. The molecule has 0 aromatic heterocycles. The quantitative estimate of drug-likeness (QED) is 0.379. The summed E-state index contributed by atoms with van der Waals surface area (Å²) in [7, 11) is 0.185. The summed E-state index contributed by atoms with van der Waals surface area (Å²) >= 11 is 0. The van der Waals surface area contributed by atoms with Crippen molar-refractivity contribution in [2.24, 2.45) is 0 Å². The minimum Gasteiger partial charge on any atom is -0.120 e. The topological polar surface area (TPSA) is 0 Å². The van der Waals surface area contributed by atoms with Gasteiger partial charge in [-0.05, 0) is 12.8 Å². The van der Waals surface area contributed by atoms with Gasteiger partial charge in [-0.3, -0.25) is 0 Å². The first-order valence-electron chi connectivity index (χ1n) is 2.43. The molecule has 7 heavy (non-hydrogen) atoms. The Morgan fingerprint density at radius 3 is 2.43 bits per heavy atom. The van der Waals surface area contributed by atoms with E-state index in [2.05, 4.69) is 19.5 Å². The van der Waals surface area contributed by atoms with Crippen LogP contribution in [0.15, 0.2) is 0 Å². The van der Waals surface area contributed by atoms with Crippen molar-refractivity contribution in [1.29, 1.82) is 0 Å². The van der Waals surface area contributed by atoms with Crippen molar-refractivity contribution in [2.75, 3.05) is 19.0 Å². The van der Waals surface area contributed by atoms with Crippen LogP contribution >= 0.6 is 7.92 Å². The Balaban J connectivity index is 3.03. The summed E-state index contributed by atoms with van der Waals surface area (Å²) in [4.78, 5) is 0. The van der Waals surface area contributed by atoms with Crippen molar-refractivity contribution in [3.8, 4) is 12.3 Å². The molecule has 0 bridgehead atoms. The Morgan fingerprint density at radius 2 is 2.29 bits per heavy atom. The molecule has 0 N–H and O–H groups in total. The van der Waals surface area contributed by atoms with E-state index in [0.29, 0.717) is 0 Å². The lowest BCUT2D eigenvalue weighted by molar-refractivity contribution is 1.48. The highest BCUT2D eigenvalue weighted by Crippen LogP contribution is 2.27. The van der Waals surface area contributed by atoms with Crippen LogP contribution in [-0.4, -0.2) is 19.0 Å². The number of hydrogen-bond donors (Lipinski definition) is 0. The van der Waals surface area contributed by atoms with Gasteiger partial charge in [0, 0.05) is 6.16 Å². The van der Waals surface area contributed by atoms with Crippen LogP contribution in [0.2, 0.25) is 0 Å². The molecule has 1 heteroatoms. The first-order valence-corrected chi connectivity index (χ1v) is 4.59. The predicted octanol–water partition coefficient (Wildman–Crippen LogP) is 1.75. The first kappa shape index (κ1) is 6.99. The number of terminal acetylenes is 1. The Labute approximate surface area is 47.1 Å². The molecule has 1 unspecified atom stereocenters. The second kappa shape index (κ2) is 4.16. The fourth-order valence-electron chi connectivity index (χ4n) is 0.268. The van der Waals surface area contributed by atoms with Crippen LogP contribution in [-0.2, 0) is 0 Å². The summed E-state index contributed by atoms with van der Waals surface area (Å²) in [6, 6.07) is 0. The van der Waals surface area contributed by atoms with Crippen molar-refractivity contribution < 1.29 is 0 Å². The molecule has 0 aromatic rings. The predicted molar refractivity (Wildman–Crippen MR) is 37.1 cm³/mol. The highest BCUT2D eigenvalue weighted by molar-refractivity contribution is 7.57. The molecule has 0 aliphatic rings. The molecule has 0 aliphatic heterocycles. The summed E-state index contributed by atoms with van der Waals surface area (Å²) < 4.78 is 0. The van der Waals surface area contributed by atoms with Gasteiger partial charge in [0.2, 0.25) is 0 Å². The summed E-state index contributed by atoms with van der Waals surface area (Å²) in [5, 5.41) is 0. The van der Waals surface area contributed by atoms with Gasteiger partial charge in [0.1, 0.15) is 0 Å². The Bertz CT molecular complexity index is 70.7. The van der Waals surface area contributed by atoms with Crippen molar-refractivity contribution in [1.82, 2.24) is 0 Å². The van der Waals surface area contributed by atoms with Gasteiger partial charge in [0.15, 0.2) is 0 Å². The molecule has 1 atom stereocenters. The Hall–Kier alpha value is -0.0100. The number of rotatable bonds is 2. The molecule has 0 heterocycles. The van der Waals surface area contributed by atoms with E-state index in [4.69, 9.17) is 6.42 Å². The van der Waals surface area contributed by atoms with Crippen molar-refractivity contribution in [3.63, 3.8) is 0 Å². The molecule has 0 fully saturated rings. The van der Waals surface area contributed by atoms with E-state index in [-0.39, 0.29) is 7.92 Å². The monoisotopic (exact) mass is 114 g/mol. The van der Waals surface area contributed by atoms with Crippen LogP contribution in [0.5, 0.6) is 0 Å². The van der Waals surface area contributed by atoms with Crippen molar-refractivity contribution in [2.45, 2.75) is 6.92 Å². The van der Waals surface area contributed by atoms with Gasteiger partial charge >= 0.3 is 0 Å². The van der Waals surface area contributed by atoms with Gasteiger partial charge in [-0.15, -0.1) is 12.3 Å². The maximum Gasteiger partial charge on any atom is 0.0286 e. The van der Waals surface area contributed by atoms with Gasteiger partial charge < -0.3 is 0 Å². The molecule has 40 valence electrons. The van der Waals surface area contributed by atoms with Crippen molar-refractivity contribution >= 4 is 7.92 Å². The van der Waals surface area contributed by atoms with Crippen LogP contribution in [0, 0.1) is 12.3 Å². The molecule has 0 radical (unpaired) electrons. The van der Waals surface area contributed by atoms with E-state index in [1.807, 2.05) is 0 Å².